The van der Waals surface area contributed by atoms with E-state index in [0.717, 1.165) is 22.0 Å². The Morgan fingerprint density at radius 3 is 2.65 bits per heavy atom. The third-order valence-corrected chi connectivity index (χ3v) is 4.70. The molecule has 3 N–H and O–H groups in total. The molecule has 3 nitrogen and oxygen atoms in total. The summed E-state index contributed by atoms with van der Waals surface area (Å²) >= 11 is 6.18. The molecule has 4 aromatic rings. The molecule has 1 heterocycles. The molecule has 0 amide bonds. The van der Waals surface area contributed by atoms with Crippen LogP contribution in [0.4, 0.5) is 10.1 Å². The zero-order valence-electron chi connectivity index (χ0n) is 14.0. The summed E-state index contributed by atoms with van der Waals surface area (Å²) in [7, 11) is 1.62. The van der Waals surface area contributed by atoms with Crippen LogP contribution in [0.1, 0.15) is 0 Å². The molecule has 0 atom stereocenters. The number of hydrogen-bond acceptors (Lipinski definition) is 2. The summed E-state index contributed by atoms with van der Waals surface area (Å²) < 4.78 is 19.7. The number of ether oxygens (including phenoxy) is 1. The molecule has 0 radical (unpaired) electrons. The average molecular weight is 367 g/mol. The van der Waals surface area contributed by atoms with Crippen molar-refractivity contribution in [2.75, 3.05) is 12.8 Å². The molecule has 4 rings (SSSR count). The summed E-state index contributed by atoms with van der Waals surface area (Å²) in [6, 6.07) is 18.1. The van der Waals surface area contributed by atoms with E-state index in [9.17, 15) is 4.39 Å². The third kappa shape index (κ3) is 2.78. The Labute approximate surface area is 155 Å². The quantitative estimate of drug-likeness (QED) is 0.444. The molecule has 3 aromatic carbocycles. The molecule has 0 bridgehead atoms. The Morgan fingerprint density at radius 2 is 1.88 bits per heavy atom. The molecule has 0 spiro atoms. The molecule has 0 aliphatic carbocycles. The van der Waals surface area contributed by atoms with Crippen molar-refractivity contribution >= 4 is 28.2 Å². The average Bonchev–Trinajstić information content (AvgIpc) is 3.04. The van der Waals surface area contributed by atoms with Gasteiger partial charge in [0.05, 0.1) is 23.4 Å². The van der Waals surface area contributed by atoms with Gasteiger partial charge in [0.1, 0.15) is 11.6 Å². The van der Waals surface area contributed by atoms with Crippen LogP contribution in [0.2, 0.25) is 5.02 Å². The van der Waals surface area contributed by atoms with E-state index in [4.69, 9.17) is 22.1 Å². The second-order valence-electron chi connectivity index (χ2n) is 6.04. The maximum Gasteiger partial charge on any atom is 0.134 e. The van der Waals surface area contributed by atoms with Crippen molar-refractivity contribution in [2.24, 2.45) is 0 Å². The van der Waals surface area contributed by atoms with E-state index in [2.05, 4.69) is 4.98 Å². The first-order valence-corrected chi connectivity index (χ1v) is 8.45. The molecule has 0 aliphatic heterocycles. The van der Waals surface area contributed by atoms with Gasteiger partial charge in [-0.25, -0.2) is 4.39 Å². The summed E-state index contributed by atoms with van der Waals surface area (Å²) in [6.45, 7) is 0. The number of anilines is 1. The molecule has 0 unspecified atom stereocenters. The van der Waals surface area contributed by atoms with Crippen LogP contribution in [0.15, 0.2) is 60.7 Å². The van der Waals surface area contributed by atoms with Gasteiger partial charge in [0.15, 0.2) is 0 Å². The second-order valence-corrected chi connectivity index (χ2v) is 6.45. The lowest BCUT2D eigenvalue weighted by Gasteiger charge is -2.09. The van der Waals surface area contributed by atoms with Gasteiger partial charge in [-0.2, -0.15) is 0 Å². The number of nitrogen functional groups attached to an aromatic ring is 1. The summed E-state index contributed by atoms with van der Waals surface area (Å²) in [5.74, 6) is 0.349. The Bertz CT molecular complexity index is 1100. The van der Waals surface area contributed by atoms with Gasteiger partial charge < -0.3 is 15.5 Å². The zero-order chi connectivity index (χ0) is 18.3. The Kier molecular flexibility index (Phi) is 4.05. The normalized spacial score (nSPS) is 11.0. The summed E-state index contributed by atoms with van der Waals surface area (Å²) in [5, 5.41) is 1.33. The highest BCUT2D eigenvalue weighted by molar-refractivity contribution is 6.33. The van der Waals surface area contributed by atoms with Gasteiger partial charge in [0, 0.05) is 28.2 Å². The third-order valence-electron chi connectivity index (χ3n) is 4.39. The van der Waals surface area contributed by atoms with Crippen LogP contribution < -0.4 is 10.5 Å². The molecule has 0 fully saturated rings. The first-order valence-electron chi connectivity index (χ1n) is 8.08. The first-order chi connectivity index (χ1) is 12.6. The molecule has 26 heavy (non-hydrogen) atoms. The number of aromatic amines is 1. The van der Waals surface area contributed by atoms with E-state index in [-0.39, 0.29) is 5.82 Å². The number of aromatic nitrogens is 1. The number of methoxy groups -OCH3 is 1. The number of nitrogens with one attached hydrogen (secondary N) is 1. The minimum atomic E-state index is -0.357. The lowest BCUT2D eigenvalue weighted by atomic mass is 10.0. The zero-order valence-corrected chi connectivity index (χ0v) is 14.8. The van der Waals surface area contributed by atoms with Crippen LogP contribution in [0.3, 0.4) is 0 Å². The van der Waals surface area contributed by atoms with Crippen molar-refractivity contribution in [1.82, 2.24) is 4.98 Å². The standard InChI is InChI=1S/C21H16ClFN2O/c1-26-20-11-14(24)6-7-15(20)12-5-8-18-13(9-12)10-19(25-18)21-16(22)3-2-4-17(21)23/h2-11,25H,24H2,1H3. The highest BCUT2D eigenvalue weighted by Crippen LogP contribution is 2.36. The fourth-order valence-electron chi connectivity index (χ4n) is 3.14. The van der Waals surface area contributed by atoms with Gasteiger partial charge in [0.2, 0.25) is 0 Å². The highest BCUT2D eigenvalue weighted by atomic mass is 35.5. The molecule has 0 aliphatic rings. The van der Waals surface area contributed by atoms with Crippen molar-refractivity contribution in [2.45, 2.75) is 0 Å². The van der Waals surface area contributed by atoms with Gasteiger partial charge in [-0.3, -0.25) is 0 Å². The Hall–Kier alpha value is -2.98. The lowest BCUT2D eigenvalue weighted by Crippen LogP contribution is -1.91. The predicted molar refractivity (Wildman–Crippen MR) is 105 cm³/mol. The largest absolute Gasteiger partial charge is 0.496 e. The number of H-pyrrole nitrogens is 1. The topological polar surface area (TPSA) is 51.0 Å². The van der Waals surface area contributed by atoms with E-state index in [1.807, 2.05) is 36.4 Å². The minimum absolute atomic E-state index is 0.357. The molecule has 130 valence electrons. The van der Waals surface area contributed by atoms with E-state index >= 15 is 0 Å². The molecule has 0 saturated carbocycles. The number of hydrogen-bond donors (Lipinski definition) is 2. The lowest BCUT2D eigenvalue weighted by molar-refractivity contribution is 0.416. The van der Waals surface area contributed by atoms with Crippen LogP contribution >= 0.6 is 11.6 Å². The highest BCUT2D eigenvalue weighted by Gasteiger charge is 2.13. The predicted octanol–water partition coefficient (Wildman–Crippen LogP) is 5.89. The molecular formula is C21H16ClFN2O. The van der Waals surface area contributed by atoms with Crippen LogP contribution in [-0.4, -0.2) is 12.1 Å². The fraction of sp³-hybridized carbons (Fsp3) is 0.0476. The van der Waals surface area contributed by atoms with E-state index in [1.54, 1.807) is 25.3 Å². The maximum absolute atomic E-state index is 14.2. The number of halogens is 2. The minimum Gasteiger partial charge on any atom is -0.496 e. The van der Waals surface area contributed by atoms with Gasteiger partial charge >= 0.3 is 0 Å². The van der Waals surface area contributed by atoms with Gasteiger partial charge in [0.25, 0.3) is 0 Å². The molecule has 0 saturated heterocycles. The summed E-state index contributed by atoms with van der Waals surface area (Å²) in [5.41, 5.74) is 10.3. The van der Waals surface area contributed by atoms with Crippen molar-refractivity contribution < 1.29 is 9.13 Å². The number of rotatable bonds is 3. The monoisotopic (exact) mass is 366 g/mol. The van der Waals surface area contributed by atoms with Crippen molar-refractivity contribution in [1.29, 1.82) is 0 Å². The van der Waals surface area contributed by atoms with Crippen LogP contribution in [0, 0.1) is 5.82 Å². The Balaban J connectivity index is 1.85. The number of nitrogens with two attached hydrogens (primary N) is 1. The van der Waals surface area contributed by atoms with Crippen molar-refractivity contribution in [3.8, 4) is 28.1 Å². The smallest absolute Gasteiger partial charge is 0.134 e. The SMILES string of the molecule is COc1cc(N)ccc1-c1ccc2[nH]c(-c3c(F)cccc3Cl)cc2c1. The van der Waals surface area contributed by atoms with Crippen LogP contribution in [-0.2, 0) is 0 Å². The molecular weight excluding hydrogens is 351 g/mol. The first kappa shape index (κ1) is 16.5. The molecule has 5 heteroatoms. The van der Waals surface area contributed by atoms with Gasteiger partial charge in [-0.1, -0.05) is 23.7 Å². The maximum atomic E-state index is 14.2. The molecule has 1 aromatic heterocycles. The van der Waals surface area contributed by atoms with E-state index in [1.165, 1.54) is 6.07 Å². The van der Waals surface area contributed by atoms with Crippen molar-refractivity contribution in [3.05, 3.63) is 71.5 Å². The summed E-state index contributed by atoms with van der Waals surface area (Å²) in [6.07, 6.45) is 0. The van der Waals surface area contributed by atoms with Crippen LogP contribution in [0.25, 0.3) is 33.3 Å². The van der Waals surface area contributed by atoms with Gasteiger partial charge in [-0.15, -0.1) is 0 Å². The van der Waals surface area contributed by atoms with Crippen LogP contribution in [0.5, 0.6) is 5.75 Å². The Morgan fingerprint density at radius 1 is 1.04 bits per heavy atom. The number of fused-ring (bicyclic) bond motifs is 1. The number of benzene rings is 3. The fourth-order valence-corrected chi connectivity index (χ4v) is 3.40. The second kappa shape index (κ2) is 6.39. The van der Waals surface area contributed by atoms with Gasteiger partial charge in [-0.05, 0) is 48.0 Å². The summed E-state index contributed by atoms with van der Waals surface area (Å²) in [4.78, 5) is 3.23. The van der Waals surface area contributed by atoms with E-state index in [0.29, 0.717) is 27.7 Å². The van der Waals surface area contributed by atoms with Crippen molar-refractivity contribution in [3.63, 3.8) is 0 Å². The van der Waals surface area contributed by atoms with E-state index < -0.39 is 0 Å².